The second-order valence-electron chi connectivity index (χ2n) is 6.26. The standard InChI is InChI=1S/C21H18FN3OS/c1-15-5-2-7-17(11-15)20-23-24-21(25(20)13-19-9-4-10-26-19)27-14-16-6-3-8-18(22)12-16/h2-12H,13-14H2,1H3. The molecule has 2 aromatic carbocycles. The largest absolute Gasteiger partial charge is 0.467 e. The fourth-order valence-corrected chi connectivity index (χ4v) is 3.75. The lowest BCUT2D eigenvalue weighted by atomic mass is 10.1. The van der Waals surface area contributed by atoms with E-state index in [0.29, 0.717) is 12.3 Å². The Morgan fingerprint density at radius 2 is 1.93 bits per heavy atom. The SMILES string of the molecule is Cc1cccc(-c2nnc(SCc3cccc(F)c3)n2Cc2ccco2)c1. The van der Waals surface area contributed by atoms with Gasteiger partial charge in [0.05, 0.1) is 12.8 Å². The lowest BCUT2D eigenvalue weighted by Gasteiger charge is -2.09. The Balaban J connectivity index is 1.66. The van der Waals surface area contributed by atoms with E-state index in [2.05, 4.69) is 29.3 Å². The maximum Gasteiger partial charge on any atom is 0.192 e. The molecule has 0 aliphatic rings. The van der Waals surface area contributed by atoms with Gasteiger partial charge in [0, 0.05) is 11.3 Å². The van der Waals surface area contributed by atoms with Crippen LogP contribution in [0, 0.1) is 12.7 Å². The summed E-state index contributed by atoms with van der Waals surface area (Å²) in [4.78, 5) is 0. The maximum atomic E-state index is 13.4. The molecule has 0 N–H and O–H groups in total. The summed E-state index contributed by atoms with van der Waals surface area (Å²) in [6, 6.07) is 18.6. The van der Waals surface area contributed by atoms with E-state index in [1.807, 2.05) is 34.9 Å². The molecule has 0 saturated heterocycles. The molecule has 27 heavy (non-hydrogen) atoms. The minimum absolute atomic E-state index is 0.231. The van der Waals surface area contributed by atoms with Crippen LogP contribution in [0.25, 0.3) is 11.4 Å². The number of hydrogen-bond acceptors (Lipinski definition) is 4. The van der Waals surface area contributed by atoms with E-state index >= 15 is 0 Å². The molecule has 0 radical (unpaired) electrons. The summed E-state index contributed by atoms with van der Waals surface area (Å²) in [6.07, 6.45) is 1.66. The van der Waals surface area contributed by atoms with Gasteiger partial charge in [-0.3, -0.25) is 4.57 Å². The Bertz CT molecular complexity index is 1040. The molecule has 4 aromatic rings. The number of benzene rings is 2. The third-order valence-corrected chi connectivity index (χ3v) is 5.18. The van der Waals surface area contributed by atoms with Gasteiger partial charge in [-0.2, -0.15) is 0 Å². The summed E-state index contributed by atoms with van der Waals surface area (Å²) in [6.45, 7) is 2.59. The summed E-state index contributed by atoms with van der Waals surface area (Å²) < 4.78 is 21.0. The Hall–Kier alpha value is -2.86. The van der Waals surface area contributed by atoms with Crippen LogP contribution >= 0.6 is 11.8 Å². The van der Waals surface area contributed by atoms with E-state index in [9.17, 15) is 4.39 Å². The van der Waals surface area contributed by atoms with Crippen LogP contribution in [-0.2, 0) is 12.3 Å². The van der Waals surface area contributed by atoms with Crippen LogP contribution in [0.15, 0.2) is 76.5 Å². The van der Waals surface area contributed by atoms with E-state index in [-0.39, 0.29) is 5.82 Å². The molecule has 0 aliphatic heterocycles. The molecular formula is C21H18FN3OS. The molecule has 2 heterocycles. The van der Waals surface area contributed by atoms with Gasteiger partial charge in [0.1, 0.15) is 11.6 Å². The first kappa shape index (κ1) is 17.5. The first-order valence-electron chi connectivity index (χ1n) is 8.59. The monoisotopic (exact) mass is 379 g/mol. The first-order valence-corrected chi connectivity index (χ1v) is 9.57. The van der Waals surface area contributed by atoms with Crippen LogP contribution in [0.2, 0.25) is 0 Å². The highest BCUT2D eigenvalue weighted by Crippen LogP contribution is 2.28. The van der Waals surface area contributed by atoms with Crippen molar-refractivity contribution in [3.63, 3.8) is 0 Å². The van der Waals surface area contributed by atoms with Gasteiger partial charge in [0.15, 0.2) is 11.0 Å². The number of thioether (sulfide) groups is 1. The fraction of sp³-hybridized carbons (Fsp3) is 0.143. The van der Waals surface area contributed by atoms with Crippen molar-refractivity contribution in [2.75, 3.05) is 0 Å². The van der Waals surface area contributed by atoms with Crippen molar-refractivity contribution in [3.8, 4) is 11.4 Å². The number of furan rings is 1. The van der Waals surface area contributed by atoms with Gasteiger partial charge in [0.2, 0.25) is 0 Å². The van der Waals surface area contributed by atoms with Crippen molar-refractivity contribution in [2.24, 2.45) is 0 Å². The third kappa shape index (κ3) is 4.11. The van der Waals surface area contributed by atoms with Crippen LogP contribution in [0.3, 0.4) is 0 Å². The summed E-state index contributed by atoms with van der Waals surface area (Å²) >= 11 is 1.53. The van der Waals surface area contributed by atoms with Gasteiger partial charge >= 0.3 is 0 Å². The quantitative estimate of drug-likeness (QED) is 0.425. The highest BCUT2D eigenvalue weighted by Gasteiger charge is 2.16. The summed E-state index contributed by atoms with van der Waals surface area (Å²) in [5.74, 6) is 2.00. The van der Waals surface area contributed by atoms with Crippen molar-refractivity contribution in [3.05, 3.63) is 89.6 Å². The minimum Gasteiger partial charge on any atom is -0.467 e. The topological polar surface area (TPSA) is 43.9 Å². The highest BCUT2D eigenvalue weighted by molar-refractivity contribution is 7.98. The number of rotatable bonds is 6. The molecule has 0 unspecified atom stereocenters. The van der Waals surface area contributed by atoms with E-state index in [1.165, 1.54) is 17.8 Å². The van der Waals surface area contributed by atoms with Crippen molar-refractivity contribution in [1.82, 2.24) is 14.8 Å². The molecule has 4 rings (SSSR count). The summed E-state index contributed by atoms with van der Waals surface area (Å²) in [7, 11) is 0. The molecule has 0 saturated carbocycles. The normalized spacial score (nSPS) is 11.0. The zero-order valence-electron chi connectivity index (χ0n) is 14.8. The number of nitrogens with zero attached hydrogens (tertiary/aromatic N) is 3. The van der Waals surface area contributed by atoms with Crippen LogP contribution < -0.4 is 0 Å². The molecule has 4 nitrogen and oxygen atoms in total. The van der Waals surface area contributed by atoms with Crippen molar-refractivity contribution in [2.45, 2.75) is 24.4 Å². The Morgan fingerprint density at radius 1 is 1.04 bits per heavy atom. The van der Waals surface area contributed by atoms with Crippen molar-refractivity contribution < 1.29 is 8.81 Å². The lowest BCUT2D eigenvalue weighted by Crippen LogP contribution is -2.03. The molecular weight excluding hydrogens is 361 g/mol. The molecule has 0 bridgehead atoms. The number of aromatic nitrogens is 3. The van der Waals surface area contributed by atoms with Crippen LogP contribution in [0.1, 0.15) is 16.9 Å². The molecule has 136 valence electrons. The molecule has 0 fully saturated rings. The highest BCUT2D eigenvalue weighted by atomic mass is 32.2. The molecule has 2 aromatic heterocycles. The third-order valence-electron chi connectivity index (χ3n) is 4.14. The van der Waals surface area contributed by atoms with Gasteiger partial charge in [-0.25, -0.2) is 4.39 Å². The Labute approximate surface area is 161 Å². The van der Waals surface area contributed by atoms with E-state index in [1.54, 1.807) is 18.4 Å². The van der Waals surface area contributed by atoms with Gasteiger partial charge in [0.25, 0.3) is 0 Å². The van der Waals surface area contributed by atoms with Crippen molar-refractivity contribution >= 4 is 11.8 Å². The average Bonchev–Trinajstić information content (AvgIpc) is 3.31. The van der Waals surface area contributed by atoms with Gasteiger partial charge < -0.3 is 4.42 Å². The zero-order valence-corrected chi connectivity index (χ0v) is 15.6. The number of hydrogen-bond donors (Lipinski definition) is 0. The zero-order chi connectivity index (χ0) is 18.6. The maximum absolute atomic E-state index is 13.4. The molecule has 0 spiro atoms. The number of aryl methyl sites for hydroxylation is 1. The summed E-state index contributed by atoms with van der Waals surface area (Å²) in [5.41, 5.74) is 3.07. The lowest BCUT2D eigenvalue weighted by molar-refractivity contribution is 0.485. The van der Waals surface area contributed by atoms with E-state index < -0.39 is 0 Å². The smallest absolute Gasteiger partial charge is 0.192 e. The van der Waals surface area contributed by atoms with Crippen LogP contribution in [0.5, 0.6) is 0 Å². The average molecular weight is 379 g/mol. The Kier molecular flexibility index (Phi) is 5.07. The van der Waals surface area contributed by atoms with E-state index in [4.69, 9.17) is 4.42 Å². The van der Waals surface area contributed by atoms with Gasteiger partial charge in [-0.05, 0) is 42.8 Å². The molecule has 0 amide bonds. The predicted molar refractivity (Wildman–Crippen MR) is 104 cm³/mol. The minimum atomic E-state index is -0.231. The first-order chi connectivity index (χ1) is 13.2. The van der Waals surface area contributed by atoms with Gasteiger partial charge in [-0.15, -0.1) is 10.2 Å². The fourth-order valence-electron chi connectivity index (χ4n) is 2.87. The van der Waals surface area contributed by atoms with E-state index in [0.717, 1.165) is 33.4 Å². The second kappa shape index (κ2) is 7.80. The predicted octanol–water partition coefficient (Wildman–Crippen LogP) is 5.33. The van der Waals surface area contributed by atoms with Crippen LogP contribution in [-0.4, -0.2) is 14.8 Å². The van der Waals surface area contributed by atoms with Crippen LogP contribution in [0.4, 0.5) is 4.39 Å². The molecule has 0 atom stereocenters. The summed E-state index contributed by atoms with van der Waals surface area (Å²) in [5, 5.41) is 9.57. The van der Waals surface area contributed by atoms with Gasteiger partial charge in [-0.1, -0.05) is 47.7 Å². The molecule has 6 heteroatoms. The number of halogens is 1. The Morgan fingerprint density at radius 3 is 2.70 bits per heavy atom. The second-order valence-corrected chi connectivity index (χ2v) is 7.20. The van der Waals surface area contributed by atoms with Crippen molar-refractivity contribution in [1.29, 1.82) is 0 Å². The molecule has 0 aliphatic carbocycles.